The molecule has 0 saturated heterocycles. The fourth-order valence-corrected chi connectivity index (χ4v) is 5.07. The van der Waals surface area contributed by atoms with Gasteiger partial charge in [-0.15, -0.1) is 0 Å². The molecule has 1 aliphatic rings. The second-order valence-corrected chi connectivity index (χ2v) is 10.7. The van der Waals surface area contributed by atoms with Crippen LogP contribution in [0.2, 0.25) is 5.02 Å². The van der Waals surface area contributed by atoms with Crippen LogP contribution in [0.25, 0.3) is 6.08 Å². The monoisotopic (exact) mass is 579 g/mol. The SMILES string of the molecule is CCN(CCCNC(=O)c1ccc(/C=C2\Oc3ccccc3N(Cc3ccc(Cl)cc3)C2=O)cc1)c1cccc(C)c1. The highest BCUT2D eigenvalue weighted by atomic mass is 35.5. The first-order chi connectivity index (χ1) is 20.4. The van der Waals surface area contributed by atoms with Crippen molar-refractivity contribution in [2.24, 2.45) is 0 Å². The van der Waals surface area contributed by atoms with Crippen molar-refractivity contribution in [3.8, 4) is 5.75 Å². The topological polar surface area (TPSA) is 61.9 Å². The first-order valence-electron chi connectivity index (χ1n) is 14.2. The normalized spacial score (nSPS) is 13.5. The number of hydrogen-bond acceptors (Lipinski definition) is 4. The summed E-state index contributed by atoms with van der Waals surface area (Å²) in [5, 5.41) is 3.66. The fraction of sp³-hybridized carbons (Fsp3) is 0.200. The second kappa shape index (κ2) is 13.4. The molecule has 214 valence electrons. The number of benzene rings is 4. The van der Waals surface area contributed by atoms with Crippen molar-refractivity contribution in [2.45, 2.75) is 26.8 Å². The summed E-state index contributed by atoms with van der Waals surface area (Å²) in [5.74, 6) is 0.462. The van der Waals surface area contributed by atoms with E-state index in [0.717, 1.165) is 30.6 Å². The lowest BCUT2D eigenvalue weighted by Gasteiger charge is -2.30. The molecular formula is C35H34ClN3O3. The largest absolute Gasteiger partial charge is 0.449 e. The number of carbonyl (C=O) groups excluding carboxylic acids is 2. The summed E-state index contributed by atoms with van der Waals surface area (Å²) in [5.41, 5.74) is 5.42. The van der Waals surface area contributed by atoms with Gasteiger partial charge in [-0.1, -0.05) is 60.1 Å². The molecule has 6 nitrogen and oxygen atoms in total. The molecule has 4 aromatic carbocycles. The van der Waals surface area contributed by atoms with E-state index in [1.165, 1.54) is 11.3 Å². The molecule has 0 saturated carbocycles. The van der Waals surface area contributed by atoms with Gasteiger partial charge in [-0.3, -0.25) is 14.5 Å². The summed E-state index contributed by atoms with van der Waals surface area (Å²) in [6.45, 7) is 6.96. The van der Waals surface area contributed by atoms with E-state index in [1.807, 2.05) is 60.7 Å². The zero-order chi connectivity index (χ0) is 29.5. The average Bonchev–Trinajstić information content (AvgIpc) is 3.00. The van der Waals surface area contributed by atoms with E-state index >= 15 is 0 Å². The number of para-hydroxylation sites is 2. The van der Waals surface area contributed by atoms with Gasteiger partial charge in [0.15, 0.2) is 11.5 Å². The van der Waals surface area contributed by atoms with E-state index in [2.05, 4.69) is 48.3 Å². The minimum Gasteiger partial charge on any atom is -0.449 e. The van der Waals surface area contributed by atoms with Gasteiger partial charge >= 0.3 is 0 Å². The molecule has 2 amide bonds. The van der Waals surface area contributed by atoms with Crippen molar-refractivity contribution in [1.82, 2.24) is 5.32 Å². The Morgan fingerprint density at radius 3 is 2.48 bits per heavy atom. The van der Waals surface area contributed by atoms with Crippen LogP contribution in [0.4, 0.5) is 11.4 Å². The predicted octanol–water partition coefficient (Wildman–Crippen LogP) is 7.26. The Bertz CT molecular complexity index is 1580. The van der Waals surface area contributed by atoms with Crippen molar-refractivity contribution in [2.75, 3.05) is 29.4 Å². The van der Waals surface area contributed by atoms with Crippen LogP contribution in [0.3, 0.4) is 0 Å². The molecule has 0 fully saturated rings. The van der Waals surface area contributed by atoms with Crippen LogP contribution in [0, 0.1) is 6.92 Å². The molecule has 7 heteroatoms. The van der Waals surface area contributed by atoms with Crippen LogP contribution in [0.1, 0.15) is 40.4 Å². The van der Waals surface area contributed by atoms with Gasteiger partial charge in [0.2, 0.25) is 0 Å². The third kappa shape index (κ3) is 7.01. The van der Waals surface area contributed by atoms with Gasteiger partial charge in [-0.2, -0.15) is 0 Å². The molecule has 1 N–H and O–H groups in total. The molecule has 1 aliphatic heterocycles. The lowest BCUT2D eigenvalue weighted by Crippen LogP contribution is -2.36. The highest BCUT2D eigenvalue weighted by molar-refractivity contribution is 6.30. The number of ether oxygens (including phenoxy) is 1. The maximum atomic E-state index is 13.5. The Balaban J connectivity index is 1.21. The summed E-state index contributed by atoms with van der Waals surface area (Å²) in [6.07, 6.45) is 2.55. The number of nitrogens with zero attached hydrogens (tertiary/aromatic N) is 2. The summed E-state index contributed by atoms with van der Waals surface area (Å²) < 4.78 is 6.01. The lowest BCUT2D eigenvalue weighted by atomic mass is 10.1. The van der Waals surface area contributed by atoms with E-state index < -0.39 is 0 Å². The van der Waals surface area contributed by atoms with E-state index in [9.17, 15) is 9.59 Å². The van der Waals surface area contributed by atoms with Crippen LogP contribution in [0.5, 0.6) is 5.75 Å². The summed E-state index contributed by atoms with van der Waals surface area (Å²) in [7, 11) is 0. The minimum absolute atomic E-state index is 0.124. The van der Waals surface area contributed by atoms with Crippen molar-refractivity contribution in [1.29, 1.82) is 0 Å². The zero-order valence-corrected chi connectivity index (χ0v) is 24.6. The molecule has 4 aromatic rings. The first-order valence-corrected chi connectivity index (χ1v) is 14.5. The third-order valence-electron chi connectivity index (χ3n) is 7.20. The van der Waals surface area contributed by atoms with E-state index in [-0.39, 0.29) is 17.6 Å². The Morgan fingerprint density at radius 1 is 0.976 bits per heavy atom. The van der Waals surface area contributed by atoms with E-state index in [4.69, 9.17) is 16.3 Å². The fourth-order valence-electron chi connectivity index (χ4n) is 4.94. The number of aryl methyl sites for hydroxylation is 1. The standard InChI is InChI=1S/C35H34ClN3O3/c1-3-38(30-9-6-8-25(2)22-30)21-7-20-37-34(40)28-16-12-26(13-17-28)23-33-35(41)39(24-27-14-18-29(36)19-15-27)31-10-4-5-11-32(31)42-33/h4-6,8-19,22-23H,3,7,20-21,24H2,1-2H3,(H,37,40)/b33-23-. The summed E-state index contributed by atoms with van der Waals surface area (Å²) in [4.78, 5) is 30.3. The number of anilines is 2. The first kappa shape index (κ1) is 29.0. The quantitative estimate of drug-likeness (QED) is 0.159. The van der Waals surface area contributed by atoms with Crippen molar-refractivity contribution in [3.63, 3.8) is 0 Å². The second-order valence-electron chi connectivity index (χ2n) is 10.2. The van der Waals surface area contributed by atoms with Crippen molar-refractivity contribution < 1.29 is 14.3 Å². The van der Waals surface area contributed by atoms with Crippen molar-refractivity contribution >= 4 is 40.9 Å². The third-order valence-corrected chi connectivity index (χ3v) is 7.45. The Morgan fingerprint density at radius 2 is 1.74 bits per heavy atom. The molecule has 1 heterocycles. The van der Waals surface area contributed by atoms with E-state index in [0.29, 0.717) is 35.1 Å². The molecule has 0 radical (unpaired) electrons. The van der Waals surface area contributed by atoms with Crippen LogP contribution in [-0.4, -0.2) is 31.4 Å². The number of amides is 2. The van der Waals surface area contributed by atoms with E-state index in [1.54, 1.807) is 23.1 Å². The zero-order valence-electron chi connectivity index (χ0n) is 23.8. The molecule has 0 spiro atoms. The molecule has 0 unspecified atom stereocenters. The molecule has 0 atom stereocenters. The van der Waals surface area contributed by atoms with Gasteiger partial charge in [0.1, 0.15) is 0 Å². The molecule has 0 aliphatic carbocycles. The minimum atomic E-state index is -0.239. The molecule has 42 heavy (non-hydrogen) atoms. The summed E-state index contributed by atoms with van der Waals surface area (Å²) in [6, 6.07) is 30.5. The van der Waals surface area contributed by atoms with Gasteiger partial charge in [-0.25, -0.2) is 0 Å². The van der Waals surface area contributed by atoms with Crippen LogP contribution < -0.4 is 19.9 Å². The predicted molar refractivity (Wildman–Crippen MR) is 170 cm³/mol. The Kier molecular flexibility index (Phi) is 9.25. The molecular weight excluding hydrogens is 546 g/mol. The van der Waals surface area contributed by atoms with Gasteiger partial charge in [-0.05, 0) is 91.6 Å². The molecule has 0 bridgehead atoms. The van der Waals surface area contributed by atoms with Crippen molar-refractivity contribution in [3.05, 3.63) is 130 Å². The number of fused-ring (bicyclic) bond motifs is 1. The van der Waals surface area contributed by atoms with Crippen LogP contribution >= 0.6 is 11.6 Å². The number of rotatable bonds is 10. The molecule has 5 rings (SSSR count). The molecule has 0 aromatic heterocycles. The number of nitrogens with one attached hydrogen (secondary N) is 1. The Labute approximate surface area is 252 Å². The van der Waals surface area contributed by atoms with Gasteiger partial charge in [0, 0.05) is 35.9 Å². The average molecular weight is 580 g/mol. The van der Waals surface area contributed by atoms with Crippen LogP contribution in [0.15, 0.2) is 103 Å². The maximum absolute atomic E-state index is 13.5. The number of halogens is 1. The van der Waals surface area contributed by atoms with Crippen LogP contribution in [-0.2, 0) is 11.3 Å². The highest BCUT2D eigenvalue weighted by Crippen LogP contribution is 2.36. The Hall–Kier alpha value is -4.55. The highest BCUT2D eigenvalue weighted by Gasteiger charge is 2.30. The number of carbonyl (C=O) groups is 2. The lowest BCUT2D eigenvalue weighted by molar-refractivity contribution is -0.117. The summed E-state index contributed by atoms with van der Waals surface area (Å²) >= 11 is 6.05. The smallest absolute Gasteiger partial charge is 0.294 e. The number of hydrogen-bond donors (Lipinski definition) is 1. The van der Waals surface area contributed by atoms with Gasteiger partial charge in [0.25, 0.3) is 11.8 Å². The van der Waals surface area contributed by atoms with Gasteiger partial charge < -0.3 is 15.0 Å². The maximum Gasteiger partial charge on any atom is 0.294 e. The van der Waals surface area contributed by atoms with Gasteiger partial charge in [0.05, 0.1) is 12.2 Å².